The molecule has 0 N–H and O–H groups in total. The smallest absolute Gasteiger partial charge is 0.339 e. The lowest BCUT2D eigenvalue weighted by molar-refractivity contribution is 0.0599. The fourth-order valence-corrected chi connectivity index (χ4v) is 1.59. The first kappa shape index (κ1) is 10.9. The zero-order valence-corrected chi connectivity index (χ0v) is 9.40. The largest absolute Gasteiger partial charge is 0.490 e. The summed E-state index contributed by atoms with van der Waals surface area (Å²) in [7, 11) is 3.36. The summed E-state index contributed by atoms with van der Waals surface area (Å²) in [5.41, 5.74) is 1.28. The van der Waals surface area contributed by atoms with Crippen LogP contribution in [0.4, 0.5) is 0 Å². The topological polar surface area (TPSA) is 51.7 Å². The quantitative estimate of drug-likeness (QED) is 0.654. The van der Waals surface area contributed by atoms with Crippen molar-refractivity contribution in [1.82, 2.24) is 9.88 Å². The van der Waals surface area contributed by atoms with Gasteiger partial charge in [0.25, 0.3) is 0 Å². The number of hydrogen-bond donors (Lipinski definition) is 0. The van der Waals surface area contributed by atoms with E-state index in [1.807, 2.05) is 7.05 Å². The molecule has 0 atom stereocenters. The van der Waals surface area contributed by atoms with E-state index in [0.29, 0.717) is 17.9 Å². The van der Waals surface area contributed by atoms with Crippen LogP contribution in [0, 0.1) is 0 Å². The zero-order chi connectivity index (χ0) is 11.5. The van der Waals surface area contributed by atoms with E-state index >= 15 is 0 Å². The number of likely N-dealkylation sites (N-methyl/N-ethyl adjacent to an activating group) is 1. The van der Waals surface area contributed by atoms with Gasteiger partial charge in [0.1, 0.15) is 12.4 Å². The van der Waals surface area contributed by atoms with Crippen LogP contribution in [0.25, 0.3) is 0 Å². The van der Waals surface area contributed by atoms with Crippen molar-refractivity contribution in [3.63, 3.8) is 0 Å². The SMILES string of the molecule is COC(=O)c1cnc2c(c1)OCCN(C)C2. The third-order valence-electron chi connectivity index (χ3n) is 2.50. The fourth-order valence-electron chi connectivity index (χ4n) is 1.59. The van der Waals surface area contributed by atoms with Gasteiger partial charge in [0.15, 0.2) is 0 Å². The van der Waals surface area contributed by atoms with Gasteiger partial charge in [-0.1, -0.05) is 0 Å². The van der Waals surface area contributed by atoms with Crippen LogP contribution in [-0.4, -0.2) is 43.2 Å². The number of aromatic nitrogens is 1. The van der Waals surface area contributed by atoms with Crippen molar-refractivity contribution in [2.75, 3.05) is 27.3 Å². The molecule has 1 aliphatic rings. The van der Waals surface area contributed by atoms with E-state index in [-0.39, 0.29) is 0 Å². The lowest BCUT2D eigenvalue weighted by Crippen LogP contribution is -2.20. The van der Waals surface area contributed by atoms with Crippen molar-refractivity contribution in [2.45, 2.75) is 6.54 Å². The molecule has 0 saturated heterocycles. The van der Waals surface area contributed by atoms with Crippen molar-refractivity contribution >= 4 is 5.97 Å². The number of fused-ring (bicyclic) bond motifs is 1. The van der Waals surface area contributed by atoms with Crippen molar-refractivity contribution in [1.29, 1.82) is 0 Å². The van der Waals surface area contributed by atoms with E-state index in [0.717, 1.165) is 18.8 Å². The molecule has 5 heteroatoms. The molecule has 0 radical (unpaired) electrons. The van der Waals surface area contributed by atoms with Crippen molar-refractivity contribution < 1.29 is 14.3 Å². The Hall–Kier alpha value is -1.62. The lowest BCUT2D eigenvalue weighted by atomic mass is 10.2. The van der Waals surface area contributed by atoms with Gasteiger partial charge in [-0.25, -0.2) is 4.79 Å². The maximum Gasteiger partial charge on any atom is 0.339 e. The first-order valence-electron chi connectivity index (χ1n) is 5.09. The average Bonchev–Trinajstić information content (AvgIpc) is 2.47. The predicted octanol–water partition coefficient (Wildman–Crippen LogP) is 0.692. The van der Waals surface area contributed by atoms with Crippen LogP contribution in [0.2, 0.25) is 0 Å². The Labute approximate surface area is 94.0 Å². The second kappa shape index (κ2) is 4.49. The van der Waals surface area contributed by atoms with E-state index in [9.17, 15) is 4.79 Å². The molecule has 2 heterocycles. The van der Waals surface area contributed by atoms with E-state index in [2.05, 4.69) is 14.6 Å². The molecule has 1 aromatic heterocycles. The summed E-state index contributed by atoms with van der Waals surface area (Å²) in [6.45, 7) is 2.19. The van der Waals surface area contributed by atoms with Crippen LogP contribution in [0.5, 0.6) is 5.75 Å². The Morgan fingerprint density at radius 1 is 1.62 bits per heavy atom. The number of pyridine rings is 1. The molecule has 0 fully saturated rings. The fraction of sp³-hybridized carbons (Fsp3) is 0.455. The van der Waals surface area contributed by atoms with E-state index in [4.69, 9.17) is 4.74 Å². The molecule has 1 aromatic rings. The third kappa shape index (κ3) is 2.14. The van der Waals surface area contributed by atoms with Crippen LogP contribution in [0.15, 0.2) is 12.3 Å². The first-order valence-corrected chi connectivity index (χ1v) is 5.09. The van der Waals surface area contributed by atoms with Gasteiger partial charge < -0.3 is 9.47 Å². The number of hydrogen-bond acceptors (Lipinski definition) is 5. The van der Waals surface area contributed by atoms with Crippen molar-refractivity contribution in [2.24, 2.45) is 0 Å². The molecule has 2 rings (SSSR count). The highest BCUT2D eigenvalue weighted by Crippen LogP contribution is 2.21. The van der Waals surface area contributed by atoms with E-state index in [1.165, 1.54) is 13.3 Å². The summed E-state index contributed by atoms with van der Waals surface area (Å²) in [5, 5.41) is 0. The number of esters is 1. The molecule has 0 aromatic carbocycles. The Bertz CT molecular complexity index is 406. The monoisotopic (exact) mass is 222 g/mol. The molecule has 16 heavy (non-hydrogen) atoms. The van der Waals surface area contributed by atoms with Crippen LogP contribution in [0.3, 0.4) is 0 Å². The van der Waals surface area contributed by atoms with Crippen molar-refractivity contribution in [3.05, 3.63) is 23.5 Å². The highest BCUT2D eigenvalue weighted by molar-refractivity contribution is 5.89. The Morgan fingerprint density at radius 2 is 2.44 bits per heavy atom. The summed E-state index contributed by atoms with van der Waals surface area (Å²) in [6.07, 6.45) is 1.52. The van der Waals surface area contributed by atoms with Crippen LogP contribution < -0.4 is 4.74 Å². The molecule has 0 aliphatic carbocycles. The van der Waals surface area contributed by atoms with Gasteiger partial charge in [0, 0.05) is 19.3 Å². The normalized spacial score (nSPS) is 15.9. The standard InChI is InChI=1S/C11H14N2O3/c1-13-3-4-16-10-5-8(11(14)15-2)6-12-9(10)7-13/h5-6H,3-4,7H2,1-2H3. The summed E-state index contributed by atoms with van der Waals surface area (Å²) in [4.78, 5) is 17.7. The lowest BCUT2D eigenvalue weighted by Gasteiger charge is -2.10. The Kier molecular flexibility index (Phi) is 3.05. The van der Waals surface area contributed by atoms with Gasteiger partial charge in [-0.15, -0.1) is 0 Å². The number of methoxy groups -OCH3 is 1. The van der Waals surface area contributed by atoms with Crippen LogP contribution in [0.1, 0.15) is 16.1 Å². The predicted molar refractivity (Wildman–Crippen MR) is 57.4 cm³/mol. The Balaban J connectivity index is 2.31. The second-order valence-electron chi connectivity index (χ2n) is 3.75. The molecular weight excluding hydrogens is 208 g/mol. The van der Waals surface area contributed by atoms with Crippen molar-refractivity contribution in [3.8, 4) is 5.75 Å². The van der Waals surface area contributed by atoms with Gasteiger partial charge in [-0.3, -0.25) is 9.88 Å². The maximum atomic E-state index is 11.3. The van der Waals surface area contributed by atoms with Gasteiger partial charge >= 0.3 is 5.97 Å². The molecular formula is C11H14N2O3. The third-order valence-corrected chi connectivity index (χ3v) is 2.50. The zero-order valence-electron chi connectivity index (χ0n) is 9.40. The average molecular weight is 222 g/mol. The summed E-state index contributed by atoms with van der Waals surface area (Å²) < 4.78 is 10.2. The van der Waals surface area contributed by atoms with Gasteiger partial charge in [0.05, 0.1) is 18.4 Å². The minimum Gasteiger partial charge on any atom is -0.490 e. The number of nitrogens with zero attached hydrogens (tertiary/aromatic N) is 2. The van der Waals surface area contributed by atoms with Crippen LogP contribution >= 0.6 is 0 Å². The minimum absolute atomic E-state index is 0.392. The minimum atomic E-state index is -0.392. The number of carbonyl (C=O) groups is 1. The number of carbonyl (C=O) groups excluding carboxylic acids is 1. The first-order chi connectivity index (χ1) is 7.70. The highest BCUT2D eigenvalue weighted by atomic mass is 16.5. The van der Waals surface area contributed by atoms with Gasteiger partial charge in [-0.05, 0) is 13.1 Å². The van der Waals surface area contributed by atoms with Gasteiger partial charge in [-0.2, -0.15) is 0 Å². The molecule has 0 spiro atoms. The van der Waals surface area contributed by atoms with Gasteiger partial charge in [0.2, 0.25) is 0 Å². The molecule has 1 aliphatic heterocycles. The highest BCUT2D eigenvalue weighted by Gasteiger charge is 2.16. The summed E-state index contributed by atoms with van der Waals surface area (Å²) >= 11 is 0. The summed E-state index contributed by atoms with van der Waals surface area (Å²) in [5.74, 6) is 0.281. The second-order valence-corrected chi connectivity index (χ2v) is 3.75. The maximum absolute atomic E-state index is 11.3. The Morgan fingerprint density at radius 3 is 3.19 bits per heavy atom. The van der Waals surface area contributed by atoms with E-state index < -0.39 is 5.97 Å². The molecule has 86 valence electrons. The molecule has 0 amide bonds. The molecule has 0 saturated carbocycles. The number of ether oxygens (including phenoxy) is 2. The summed E-state index contributed by atoms with van der Waals surface area (Å²) in [6, 6.07) is 1.69. The molecule has 5 nitrogen and oxygen atoms in total. The number of rotatable bonds is 1. The molecule has 0 bridgehead atoms. The molecule has 0 unspecified atom stereocenters. The van der Waals surface area contributed by atoms with Crippen LogP contribution in [-0.2, 0) is 11.3 Å². The van der Waals surface area contributed by atoms with E-state index in [1.54, 1.807) is 6.07 Å².